The number of rotatable bonds is 4. The van der Waals surface area contributed by atoms with Crippen LogP contribution in [-0.4, -0.2) is 29.2 Å². The van der Waals surface area contributed by atoms with Gasteiger partial charge in [-0.15, -0.1) is 10.2 Å². The van der Waals surface area contributed by atoms with Gasteiger partial charge in [0.1, 0.15) is 21.8 Å². The van der Waals surface area contributed by atoms with E-state index in [1.807, 2.05) is 0 Å². The fraction of sp³-hybridized carbons (Fsp3) is 0.0556. The number of hydrogen-bond acceptors (Lipinski definition) is 6. The molecule has 0 heterocycles. The van der Waals surface area contributed by atoms with Crippen LogP contribution in [0.5, 0.6) is 5.75 Å². The first-order valence-corrected chi connectivity index (χ1v) is 9.10. The molecule has 3 rings (SSSR count). The monoisotopic (exact) mass is 441 g/mol. The number of aromatic carboxylic acids is 1. The molecule has 1 radical (unpaired) electrons. The van der Waals surface area contributed by atoms with E-state index in [1.54, 1.807) is 37.3 Å². The van der Waals surface area contributed by atoms with Crippen molar-refractivity contribution >= 4 is 38.2 Å². The maximum Gasteiger partial charge on any atom is 0.339 e. The van der Waals surface area contributed by atoms with Crippen LogP contribution < -0.4 is 0 Å². The molecule has 8 nitrogen and oxygen atoms in total. The molecule has 10 heteroatoms. The summed E-state index contributed by atoms with van der Waals surface area (Å²) >= 11 is 0. The second-order valence-corrected chi connectivity index (χ2v) is 7.18. The predicted molar refractivity (Wildman–Crippen MR) is 97.7 cm³/mol. The molecule has 3 aromatic carbocycles. The molecular formula is C18H14MnN2O6S. The van der Waals surface area contributed by atoms with Crippen molar-refractivity contribution in [2.45, 2.75) is 11.8 Å². The zero-order valence-electron chi connectivity index (χ0n) is 14.4. The predicted octanol–water partition coefficient (Wildman–Crippen LogP) is 4.21. The molecule has 0 fully saturated rings. The van der Waals surface area contributed by atoms with Gasteiger partial charge >= 0.3 is 5.97 Å². The third kappa shape index (κ3) is 4.20. The van der Waals surface area contributed by atoms with E-state index in [0.29, 0.717) is 16.3 Å². The molecule has 0 spiro atoms. The standard InChI is InChI=1S/C18H14N2O6S.Mn/c1-10-6-7-14(15(8-10)27(24,25)26)19-20-16-12-5-3-2-4-11(12)9-13(17(16)21)18(22)23;/h2-9,21H,1H3,(H,22,23)(H,24,25,26);. The Labute approximate surface area is 170 Å². The van der Waals surface area contributed by atoms with Crippen molar-refractivity contribution in [2.24, 2.45) is 10.2 Å². The zero-order valence-corrected chi connectivity index (χ0v) is 16.4. The number of aryl methyl sites for hydroxylation is 1. The van der Waals surface area contributed by atoms with Gasteiger partial charge < -0.3 is 10.2 Å². The summed E-state index contributed by atoms with van der Waals surface area (Å²) in [7, 11) is -4.54. The van der Waals surface area contributed by atoms with Crippen molar-refractivity contribution in [1.29, 1.82) is 0 Å². The van der Waals surface area contributed by atoms with E-state index in [4.69, 9.17) is 0 Å². The summed E-state index contributed by atoms with van der Waals surface area (Å²) < 4.78 is 32.5. The molecule has 0 aromatic heterocycles. The molecule has 0 unspecified atom stereocenters. The number of nitrogens with zero attached hydrogens (tertiary/aromatic N) is 2. The van der Waals surface area contributed by atoms with Crippen LogP contribution in [0.1, 0.15) is 15.9 Å². The maximum absolute atomic E-state index is 11.6. The Balaban J connectivity index is 0.00000280. The normalized spacial score (nSPS) is 11.5. The van der Waals surface area contributed by atoms with Crippen LogP contribution in [0, 0.1) is 6.92 Å². The fourth-order valence-corrected chi connectivity index (χ4v) is 3.30. The molecule has 3 N–H and O–H groups in total. The van der Waals surface area contributed by atoms with Crippen molar-refractivity contribution in [3.05, 3.63) is 59.7 Å². The van der Waals surface area contributed by atoms with Crippen LogP contribution in [0.4, 0.5) is 11.4 Å². The molecule has 0 amide bonds. The maximum atomic E-state index is 11.6. The number of phenols is 1. The van der Waals surface area contributed by atoms with Gasteiger partial charge in [0, 0.05) is 22.5 Å². The van der Waals surface area contributed by atoms with Gasteiger partial charge in [-0.2, -0.15) is 8.42 Å². The minimum absolute atomic E-state index is 0. The number of aromatic hydroxyl groups is 1. The summed E-state index contributed by atoms with van der Waals surface area (Å²) in [6.45, 7) is 1.64. The van der Waals surface area contributed by atoms with Crippen LogP contribution in [0.25, 0.3) is 10.8 Å². The second-order valence-electron chi connectivity index (χ2n) is 5.79. The van der Waals surface area contributed by atoms with Crippen molar-refractivity contribution in [1.82, 2.24) is 0 Å². The molecule has 0 saturated carbocycles. The Bertz CT molecular complexity index is 1210. The van der Waals surface area contributed by atoms with Gasteiger partial charge in [0.05, 0.1) is 0 Å². The third-order valence-corrected chi connectivity index (χ3v) is 4.76. The van der Waals surface area contributed by atoms with E-state index in [-0.39, 0.29) is 34.0 Å². The number of carboxylic acids is 1. The average molecular weight is 441 g/mol. The molecule has 0 aliphatic heterocycles. The zero-order chi connectivity index (χ0) is 19.8. The Kier molecular flexibility index (Phi) is 6.20. The molecule has 0 aliphatic rings. The third-order valence-electron chi connectivity index (χ3n) is 3.88. The van der Waals surface area contributed by atoms with Crippen molar-refractivity contribution < 1.29 is 45.0 Å². The van der Waals surface area contributed by atoms with Crippen LogP contribution in [0.2, 0.25) is 0 Å². The first-order chi connectivity index (χ1) is 12.7. The average Bonchev–Trinajstić information content (AvgIpc) is 2.60. The Morgan fingerprint density at radius 3 is 2.36 bits per heavy atom. The summed E-state index contributed by atoms with van der Waals surface area (Å²) in [6.07, 6.45) is 0. The van der Waals surface area contributed by atoms with Gasteiger partial charge in [0.15, 0.2) is 5.75 Å². The summed E-state index contributed by atoms with van der Waals surface area (Å²) in [5.41, 5.74) is -0.0380. The van der Waals surface area contributed by atoms with Crippen molar-refractivity contribution in [2.75, 3.05) is 0 Å². The SMILES string of the molecule is Cc1ccc(N=Nc2c(O)c(C(=O)O)cc3ccccc23)c(S(=O)(=O)O)c1.[Mn]. The second kappa shape index (κ2) is 8.07. The smallest absolute Gasteiger partial charge is 0.339 e. The van der Waals surface area contributed by atoms with Gasteiger partial charge in [-0.05, 0) is 36.1 Å². The van der Waals surface area contributed by atoms with Gasteiger partial charge in [-0.25, -0.2) is 4.79 Å². The molecule has 0 bridgehead atoms. The fourth-order valence-electron chi connectivity index (χ4n) is 2.60. The minimum Gasteiger partial charge on any atom is -0.505 e. The van der Waals surface area contributed by atoms with Crippen LogP contribution in [-0.2, 0) is 27.2 Å². The van der Waals surface area contributed by atoms with Crippen molar-refractivity contribution in [3.8, 4) is 5.75 Å². The first-order valence-electron chi connectivity index (χ1n) is 7.66. The van der Waals surface area contributed by atoms with E-state index >= 15 is 0 Å². The van der Waals surface area contributed by atoms with Gasteiger partial charge in [-0.1, -0.05) is 30.3 Å². The number of carbonyl (C=O) groups is 1. The van der Waals surface area contributed by atoms with Gasteiger partial charge in [-0.3, -0.25) is 4.55 Å². The van der Waals surface area contributed by atoms with Crippen LogP contribution in [0.15, 0.2) is 63.7 Å². The van der Waals surface area contributed by atoms with E-state index < -0.39 is 26.7 Å². The van der Waals surface area contributed by atoms with E-state index in [1.165, 1.54) is 18.2 Å². The Morgan fingerprint density at radius 1 is 1.04 bits per heavy atom. The Morgan fingerprint density at radius 2 is 1.71 bits per heavy atom. The van der Waals surface area contributed by atoms with Crippen LogP contribution >= 0.6 is 0 Å². The number of carboxylic acid groups (broad SMARTS) is 1. The summed E-state index contributed by atoms with van der Waals surface area (Å²) in [4.78, 5) is 10.9. The molecule has 0 saturated heterocycles. The number of azo groups is 1. The number of benzene rings is 3. The Hall–Kier alpha value is -2.78. The summed E-state index contributed by atoms with van der Waals surface area (Å²) in [6, 6.07) is 12.1. The molecule has 0 atom stereocenters. The molecular weight excluding hydrogens is 427 g/mol. The quantitative estimate of drug-likeness (QED) is 0.315. The van der Waals surface area contributed by atoms with E-state index in [0.717, 1.165) is 0 Å². The van der Waals surface area contributed by atoms with Gasteiger partial charge in [0.2, 0.25) is 0 Å². The number of fused-ring (bicyclic) bond motifs is 1. The number of hydrogen-bond donors (Lipinski definition) is 3. The largest absolute Gasteiger partial charge is 0.505 e. The van der Waals surface area contributed by atoms with Crippen LogP contribution in [0.3, 0.4) is 0 Å². The topological polar surface area (TPSA) is 137 Å². The van der Waals surface area contributed by atoms with E-state index in [9.17, 15) is 28.0 Å². The molecule has 28 heavy (non-hydrogen) atoms. The summed E-state index contributed by atoms with van der Waals surface area (Å²) in [5.74, 6) is -1.94. The first kappa shape index (κ1) is 21.5. The minimum atomic E-state index is -4.54. The molecule has 0 aliphatic carbocycles. The molecule has 3 aromatic rings. The van der Waals surface area contributed by atoms with Crippen molar-refractivity contribution in [3.63, 3.8) is 0 Å². The van der Waals surface area contributed by atoms with E-state index in [2.05, 4.69) is 10.2 Å². The summed E-state index contributed by atoms with van der Waals surface area (Å²) in [5, 5.41) is 28.2. The van der Waals surface area contributed by atoms with Gasteiger partial charge in [0.25, 0.3) is 10.1 Å². The molecule has 145 valence electrons.